The largest absolute Gasteiger partial charge is 0.368 e. The van der Waals surface area contributed by atoms with Gasteiger partial charge in [0.15, 0.2) is 0 Å². The third-order valence-corrected chi connectivity index (χ3v) is 2.32. The molecule has 1 atom stereocenters. The van der Waals surface area contributed by atoms with Gasteiger partial charge in [0.2, 0.25) is 0 Å². The van der Waals surface area contributed by atoms with Crippen molar-refractivity contribution in [3.8, 4) is 0 Å². The lowest BCUT2D eigenvalue weighted by Gasteiger charge is -2.28. The van der Waals surface area contributed by atoms with E-state index in [0.717, 1.165) is 18.4 Å². The molecule has 0 aliphatic carbocycles. The highest BCUT2D eigenvalue weighted by Gasteiger charge is 2.18. The first-order valence-electron chi connectivity index (χ1n) is 5.42. The van der Waals surface area contributed by atoms with Gasteiger partial charge < -0.3 is 4.74 Å². The van der Waals surface area contributed by atoms with Gasteiger partial charge >= 0.3 is 0 Å². The van der Waals surface area contributed by atoms with Gasteiger partial charge in [-0.1, -0.05) is 38.2 Å². The summed E-state index contributed by atoms with van der Waals surface area (Å²) in [6, 6.07) is 0. The van der Waals surface area contributed by atoms with Gasteiger partial charge in [-0.2, -0.15) is 0 Å². The number of hydrogen-bond acceptors (Lipinski definition) is 1. The molecular weight excluding hydrogens is 172 g/mol. The first-order chi connectivity index (χ1) is 6.41. The lowest BCUT2D eigenvalue weighted by molar-refractivity contribution is -0.0540. The maximum atomic E-state index is 5.96. The normalized spacial score (nSPS) is 14.6. The van der Waals surface area contributed by atoms with Crippen LogP contribution in [0.15, 0.2) is 24.3 Å². The molecule has 14 heavy (non-hydrogen) atoms. The fourth-order valence-corrected chi connectivity index (χ4v) is 1.02. The van der Waals surface area contributed by atoms with Crippen LogP contribution in [-0.4, -0.2) is 11.7 Å². The van der Waals surface area contributed by atoms with E-state index in [1.54, 1.807) is 0 Å². The molecule has 0 spiro atoms. The van der Waals surface area contributed by atoms with Gasteiger partial charge in [-0.25, -0.2) is 0 Å². The van der Waals surface area contributed by atoms with Crippen LogP contribution in [0.2, 0.25) is 0 Å². The zero-order valence-corrected chi connectivity index (χ0v) is 10.3. The maximum absolute atomic E-state index is 5.96. The van der Waals surface area contributed by atoms with E-state index in [1.165, 1.54) is 0 Å². The van der Waals surface area contributed by atoms with Crippen LogP contribution in [0.4, 0.5) is 0 Å². The summed E-state index contributed by atoms with van der Waals surface area (Å²) in [5, 5.41) is 0. The van der Waals surface area contributed by atoms with E-state index in [2.05, 4.69) is 40.3 Å². The van der Waals surface area contributed by atoms with E-state index < -0.39 is 0 Å². The molecule has 0 fully saturated rings. The Bertz CT molecular complexity index is 201. The summed E-state index contributed by atoms with van der Waals surface area (Å²) in [6.07, 6.45) is 6.37. The molecule has 0 rings (SSSR count). The fourth-order valence-electron chi connectivity index (χ4n) is 1.02. The Kier molecular flexibility index (Phi) is 5.78. The van der Waals surface area contributed by atoms with E-state index in [0.29, 0.717) is 0 Å². The van der Waals surface area contributed by atoms with Crippen LogP contribution in [0.3, 0.4) is 0 Å². The zero-order valence-electron chi connectivity index (χ0n) is 10.3. The van der Waals surface area contributed by atoms with Crippen LogP contribution in [0.1, 0.15) is 47.5 Å². The van der Waals surface area contributed by atoms with Gasteiger partial charge in [0.1, 0.15) is 0 Å². The minimum atomic E-state index is -0.0277. The van der Waals surface area contributed by atoms with Crippen molar-refractivity contribution in [2.45, 2.75) is 59.2 Å². The molecule has 0 aromatic carbocycles. The standard InChI is InChI=1S/C13H24O/c1-7-12(10-9-11(3)4)14-13(5,6)8-2/h9-10,12H,3,7-8H2,1-2,4-6H3/b10-9-. The average molecular weight is 196 g/mol. The lowest BCUT2D eigenvalue weighted by atomic mass is 10.1. The molecule has 0 N–H and O–H groups in total. The van der Waals surface area contributed by atoms with E-state index in [-0.39, 0.29) is 11.7 Å². The Hall–Kier alpha value is -0.560. The topological polar surface area (TPSA) is 9.23 Å². The van der Waals surface area contributed by atoms with Gasteiger partial charge in [0.05, 0.1) is 11.7 Å². The Morgan fingerprint density at radius 1 is 1.43 bits per heavy atom. The smallest absolute Gasteiger partial charge is 0.0763 e. The number of allylic oxidation sites excluding steroid dienone is 2. The summed E-state index contributed by atoms with van der Waals surface area (Å²) in [5.41, 5.74) is 1.04. The molecule has 0 saturated carbocycles. The summed E-state index contributed by atoms with van der Waals surface area (Å²) in [4.78, 5) is 0. The van der Waals surface area contributed by atoms with Crippen molar-refractivity contribution in [3.05, 3.63) is 24.3 Å². The van der Waals surface area contributed by atoms with Gasteiger partial charge in [0, 0.05) is 0 Å². The molecule has 0 radical (unpaired) electrons. The highest BCUT2D eigenvalue weighted by atomic mass is 16.5. The van der Waals surface area contributed by atoms with Crippen LogP contribution in [0, 0.1) is 0 Å². The summed E-state index contributed by atoms with van der Waals surface area (Å²) in [6.45, 7) is 14.4. The van der Waals surface area contributed by atoms with Gasteiger partial charge in [-0.3, -0.25) is 0 Å². The molecule has 0 amide bonds. The SMILES string of the molecule is C=C(C)/C=C\C(CC)OC(C)(C)CC. The number of rotatable bonds is 6. The molecule has 1 unspecified atom stereocenters. The van der Waals surface area contributed by atoms with Crippen molar-refractivity contribution in [1.82, 2.24) is 0 Å². The van der Waals surface area contributed by atoms with Gasteiger partial charge in [0.25, 0.3) is 0 Å². The summed E-state index contributed by atoms with van der Waals surface area (Å²) in [5.74, 6) is 0. The predicted molar refractivity (Wildman–Crippen MR) is 63.5 cm³/mol. The van der Waals surface area contributed by atoms with E-state index >= 15 is 0 Å². The molecule has 0 aromatic rings. The van der Waals surface area contributed by atoms with Crippen molar-refractivity contribution in [1.29, 1.82) is 0 Å². The first kappa shape index (κ1) is 13.4. The van der Waals surface area contributed by atoms with Crippen LogP contribution in [-0.2, 0) is 4.74 Å². The lowest BCUT2D eigenvalue weighted by Crippen LogP contribution is -2.28. The van der Waals surface area contributed by atoms with Gasteiger partial charge in [-0.05, 0) is 33.6 Å². The third kappa shape index (κ3) is 5.98. The van der Waals surface area contributed by atoms with E-state index in [9.17, 15) is 0 Å². The van der Waals surface area contributed by atoms with Crippen molar-refractivity contribution in [3.63, 3.8) is 0 Å². The maximum Gasteiger partial charge on any atom is 0.0763 e. The molecule has 0 saturated heterocycles. The monoisotopic (exact) mass is 196 g/mol. The van der Waals surface area contributed by atoms with E-state index in [4.69, 9.17) is 4.74 Å². The van der Waals surface area contributed by atoms with Crippen molar-refractivity contribution >= 4 is 0 Å². The Morgan fingerprint density at radius 2 is 2.00 bits per heavy atom. The number of ether oxygens (including phenoxy) is 1. The first-order valence-corrected chi connectivity index (χ1v) is 5.42. The molecule has 1 heteroatoms. The fraction of sp³-hybridized carbons (Fsp3) is 0.692. The summed E-state index contributed by atoms with van der Waals surface area (Å²) in [7, 11) is 0. The van der Waals surface area contributed by atoms with Crippen molar-refractivity contribution < 1.29 is 4.74 Å². The van der Waals surface area contributed by atoms with Gasteiger partial charge in [-0.15, -0.1) is 0 Å². The van der Waals surface area contributed by atoms with Crippen LogP contribution >= 0.6 is 0 Å². The van der Waals surface area contributed by atoms with Crippen LogP contribution < -0.4 is 0 Å². The molecule has 82 valence electrons. The Labute approximate surface area is 88.9 Å². The summed E-state index contributed by atoms with van der Waals surface area (Å²) < 4.78 is 5.96. The molecular formula is C13H24O. The molecule has 0 aromatic heterocycles. The summed E-state index contributed by atoms with van der Waals surface area (Å²) >= 11 is 0. The highest BCUT2D eigenvalue weighted by Crippen LogP contribution is 2.18. The third-order valence-electron chi connectivity index (χ3n) is 2.32. The van der Waals surface area contributed by atoms with Crippen LogP contribution in [0.5, 0.6) is 0 Å². The van der Waals surface area contributed by atoms with E-state index in [1.807, 2.05) is 13.0 Å². The zero-order chi connectivity index (χ0) is 11.2. The predicted octanol–water partition coefficient (Wildman–Crippen LogP) is 4.10. The van der Waals surface area contributed by atoms with Crippen LogP contribution in [0.25, 0.3) is 0 Å². The molecule has 1 nitrogen and oxygen atoms in total. The molecule has 0 heterocycles. The second kappa shape index (κ2) is 6.02. The molecule has 0 aliphatic heterocycles. The van der Waals surface area contributed by atoms with Crippen molar-refractivity contribution in [2.24, 2.45) is 0 Å². The minimum absolute atomic E-state index is 0.0277. The molecule has 0 bridgehead atoms. The second-order valence-electron chi connectivity index (χ2n) is 4.38. The minimum Gasteiger partial charge on any atom is -0.368 e. The average Bonchev–Trinajstić information content (AvgIpc) is 2.12. The molecule has 0 aliphatic rings. The Morgan fingerprint density at radius 3 is 2.36 bits per heavy atom. The number of hydrogen-bond donors (Lipinski definition) is 0. The second-order valence-corrected chi connectivity index (χ2v) is 4.38. The highest BCUT2D eigenvalue weighted by molar-refractivity contribution is 5.12. The van der Waals surface area contributed by atoms with Crippen molar-refractivity contribution in [2.75, 3.05) is 0 Å². The Balaban J connectivity index is 4.22. The quantitative estimate of drug-likeness (QED) is 0.581.